The van der Waals surface area contributed by atoms with Gasteiger partial charge in [0.15, 0.2) is 0 Å². The molecule has 132 valence electrons. The van der Waals surface area contributed by atoms with E-state index < -0.39 is 0 Å². The predicted octanol–water partition coefficient (Wildman–Crippen LogP) is 4.87. The molecule has 3 heterocycles. The summed E-state index contributed by atoms with van der Waals surface area (Å²) in [6.45, 7) is 1.89. The van der Waals surface area contributed by atoms with E-state index in [1.807, 2.05) is 25.3 Å². The van der Waals surface area contributed by atoms with Crippen LogP contribution in [0.2, 0.25) is 0 Å². The Labute approximate surface area is 159 Å². The SMILES string of the molecule is Cc1cc(Nc2cc(-c3cc4ccccc4s3)c3[nH]ncc3c2)nc(N)n1. The van der Waals surface area contributed by atoms with Crippen LogP contribution in [0.1, 0.15) is 5.69 Å². The number of nitrogens with one attached hydrogen (secondary N) is 2. The van der Waals surface area contributed by atoms with Crippen LogP contribution in [0.15, 0.2) is 54.7 Å². The molecule has 5 aromatic rings. The molecule has 3 aromatic heterocycles. The average Bonchev–Trinajstić information content (AvgIpc) is 3.26. The summed E-state index contributed by atoms with van der Waals surface area (Å²) in [5.74, 6) is 0.928. The van der Waals surface area contributed by atoms with Crippen molar-refractivity contribution in [1.82, 2.24) is 20.2 Å². The van der Waals surface area contributed by atoms with Crippen molar-refractivity contribution >= 4 is 49.8 Å². The maximum absolute atomic E-state index is 5.78. The van der Waals surface area contributed by atoms with E-state index in [9.17, 15) is 0 Å². The summed E-state index contributed by atoms with van der Waals surface area (Å²) < 4.78 is 1.26. The number of rotatable bonds is 3. The van der Waals surface area contributed by atoms with Crippen molar-refractivity contribution in [1.29, 1.82) is 0 Å². The number of anilines is 3. The highest BCUT2D eigenvalue weighted by Gasteiger charge is 2.12. The van der Waals surface area contributed by atoms with Gasteiger partial charge in [0, 0.05) is 38.0 Å². The number of nitrogens with two attached hydrogens (primary N) is 1. The topological polar surface area (TPSA) is 92.5 Å². The van der Waals surface area contributed by atoms with Gasteiger partial charge in [0.2, 0.25) is 5.95 Å². The first-order valence-electron chi connectivity index (χ1n) is 8.50. The lowest BCUT2D eigenvalue weighted by molar-refractivity contribution is 1.12. The predicted molar refractivity (Wildman–Crippen MR) is 111 cm³/mol. The third kappa shape index (κ3) is 2.88. The largest absolute Gasteiger partial charge is 0.368 e. The number of aryl methyl sites for hydroxylation is 1. The fourth-order valence-corrected chi connectivity index (χ4v) is 4.33. The van der Waals surface area contributed by atoms with Gasteiger partial charge >= 0.3 is 0 Å². The van der Waals surface area contributed by atoms with Gasteiger partial charge in [0.1, 0.15) is 5.82 Å². The number of fused-ring (bicyclic) bond motifs is 2. The molecule has 0 bridgehead atoms. The molecule has 0 unspecified atom stereocenters. The normalized spacial score (nSPS) is 11.3. The molecule has 0 aliphatic carbocycles. The Balaban J connectivity index is 1.64. The molecule has 0 saturated carbocycles. The summed E-state index contributed by atoms with van der Waals surface area (Å²) in [6, 6.07) is 16.6. The molecule has 2 aromatic carbocycles. The molecule has 5 rings (SSSR count). The molecule has 0 aliphatic rings. The van der Waals surface area contributed by atoms with Crippen molar-refractivity contribution in [2.75, 3.05) is 11.1 Å². The molecule has 0 atom stereocenters. The third-order valence-corrected chi connectivity index (χ3v) is 5.53. The highest BCUT2D eigenvalue weighted by Crippen LogP contribution is 2.38. The van der Waals surface area contributed by atoms with Crippen LogP contribution in [0.4, 0.5) is 17.5 Å². The van der Waals surface area contributed by atoms with Crippen molar-refractivity contribution in [3.05, 3.63) is 60.4 Å². The Morgan fingerprint density at radius 2 is 1.93 bits per heavy atom. The number of hydrogen-bond acceptors (Lipinski definition) is 6. The summed E-state index contributed by atoms with van der Waals surface area (Å²) in [4.78, 5) is 9.58. The molecule has 0 amide bonds. The highest BCUT2D eigenvalue weighted by molar-refractivity contribution is 7.22. The first-order valence-corrected chi connectivity index (χ1v) is 9.32. The molecule has 0 spiro atoms. The average molecular weight is 372 g/mol. The van der Waals surface area contributed by atoms with Crippen LogP contribution in [-0.4, -0.2) is 20.2 Å². The number of aromatic nitrogens is 4. The summed E-state index contributed by atoms with van der Waals surface area (Å²) in [5, 5.41) is 13.0. The van der Waals surface area contributed by atoms with Crippen molar-refractivity contribution in [3.8, 4) is 10.4 Å². The minimum Gasteiger partial charge on any atom is -0.368 e. The number of benzene rings is 2. The number of nitrogens with zero attached hydrogens (tertiary/aromatic N) is 3. The minimum absolute atomic E-state index is 0.256. The van der Waals surface area contributed by atoms with Gasteiger partial charge in [-0.05, 0) is 36.6 Å². The molecule has 7 heteroatoms. The van der Waals surface area contributed by atoms with Crippen LogP contribution >= 0.6 is 11.3 Å². The van der Waals surface area contributed by atoms with Gasteiger partial charge in [-0.15, -0.1) is 11.3 Å². The fourth-order valence-electron chi connectivity index (χ4n) is 3.24. The maximum atomic E-state index is 5.78. The van der Waals surface area contributed by atoms with Crippen molar-refractivity contribution in [2.45, 2.75) is 6.92 Å². The molecule has 27 heavy (non-hydrogen) atoms. The van der Waals surface area contributed by atoms with Crippen LogP contribution in [0, 0.1) is 6.92 Å². The Morgan fingerprint density at radius 3 is 2.78 bits per heavy atom. The van der Waals surface area contributed by atoms with Crippen molar-refractivity contribution in [3.63, 3.8) is 0 Å². The van der Waals surface area contributed by atoms with E-state index in [1.165, 1.54) is 15.0 Å². The lowest BCUT2D eigenvalue weighted by Crippen LogP contribution is -2.01. The summed E-state index contributed by atoms with van der Waals surface area (Å²) in [6.07, 6.45) is 1.83. The number of aromatic amines is 1. The van der Waals surface area contributed by atoms with Crippen molar-refractivity contribution in [2.24, 2.45) is 0 Å². The second kappa shape index (κ2) is 6.07. The smallest absolute Gasteiger partial charge is 0.222 e. The zero-order valence-corrected chi connectivity index (χ0v) is 15.3. The number of nitrogen functional groups attached to an aromatic ring is 1. The molecular weight excluding hydrogens is 356 g/mol. The monoisotopic (exact) mass is 372 g/mol. The number of hydrogen-bond donors (Lipinski definition) is 3. The van der Waals surface area contributed by atoms with Gasteiger partial charge in [0.25, 0.3) is 0 Å². The number of thiophene rings is 1. The first kappa shape index (κ1) is 15.8. The molecule has 0 radical (unpaired) electrons. The first-order chi connectivity index (χ1) is 13.2. The van der Waals surface area contributed by atoms with Crippen LogP contribution < -0.4 is 11.1 Å². The molecule has 4 N–H and O–H groups in total. The van der Waals surface area contributed by atoms with Gasteiger partial charge in [-0.25, -0.2) is 4.98 Å². The van der Waals surface area contributed by atoms with Crippen LogP contribution in [0.5, 0.6) is 0 Å². The van der Waals surface area contributed by atoms with Crippen LogP contribution in [-0.2, 0) is 0 Å². The van der Waals surface area contributed by atoms with E-state index in [-0.39, 0.29) is 5.95 Å². The highest BCUT2D eigenvalue weighted by atomic mass is 32.1. The summed E-state index contributed by atoms with van der Waals surface area (Å²) in [5.41, 5.74) is 9.64. The maximum Gasteiger partial charge on any atom is 0.222 e. The van der Waals surface area contributed by atoms with E-state index in [0.29, 0.717) is 5.82 Å². The summed E-state index contributed by atoms with van der Waals surface area (Å²) in [7, 11) is 0. The zero-order valence-electron chi connectivity index (χ0n) is 14.5. The Bertz CT molecular complexity index is 1230. The molecule has 6 nitrogen and oxygen atoms in total. The minimum atomic E-state index is 0.256. The standard InChI is InChI=1S/C20H16N6S/c1-11-6-18(25-20(21)23-11)24-14-7-13-10-22-26-19(13)15(9-14)17-8-12-4-2-3-5-16(12)27-17/h2-10H,1H3,(H,22,26)(H3,21,23,24,25). The van der Waals surface area contributed by atoms with Crippen LogP contribution in [0.3, 0.4) is 0 Å². The molecule has 0 aliphatic heterocycles. The second-order valence-electron chi connectivity index (χ2n) is 6.38. The van der Waals surface area contributed by atoms with E-state index in [0.717, 1.165) is 27.8 Å². The lowest BCUT2D eigenvalue weighted by Gasteiger charge is -2.09. The zero-order chi connectivity index (χ0) is 18.4. The van der Waals surface area contributed by atoms with Gasteiger partial charge in [-0.2, -0.15) is 10.1 Å². The van der Waals surface area contributed by atoms with E-state index in [4.69, 9.17) is 5.73 Å². The lowest BCUT2D eigenvalue weighted by atomic mass is 10.1. The summed E-state index contributed by atoms with van der Waals surface area (Å²) >= 11 is 1.77. The van der Waals surface area contributed by atoms with Gasteiger partial charge in [-0.3, -0.25) is 5.10 Å². The molecule has 0 fully saturated rings. The van der Waals surface area contributed by atoms with Gasteiger partial charge in [-0.1, -0.05) is 18.2 Å². The van der Waals surface area contributed by atoms with E-state index in [1.54, 1.807) is 11.3 Å². The Morgan fingerprint density at radius 1 is 1.04 bits per heavy atom. The van der Waals surface area contributed by atoms with Gasteiger partial charge in [0.05, 0.1) is 11.7 Å². The fraction of sp³-hybridized carbons (Fsp3) is 0.0500. The molecular formula is C20H16N6S. The van der Waals surface area contributed by atoms with Gasteiger partial charge < -0.3 is 11.1 Å². The Kier molecular flexibility index (Phi) is 3.54. The molecule has 0 saturated heterocycles. The second-order valence-corrected chi connectivity index (χ2v) is 7.47. The van der Waals surface area contributed by atoms with E-state index in [2.05, 4.69) is 61.9 Å². The Hall–Kier alpha value is -3.45. The third-order valence-electron chi connectivity index (χ3n) is 4.38. The number of H-pyrrole nitrogens is 1. The van der Waals surface area contributed by atoms with Crippen molar-refractivity contribution < 1.29 is 0 Å². The van der Waals surface area contributed by atoms with Crippen LogP contribution in [0.25, 0.3) is 31.4 Å². The quantitative estimate of drug-likeness (QED) is 0.420. The van der Waals surface area contributed by atoms with E-state index >= 15 is 0 Å².